The lowest BCUT2D eigenvalue weighted by molar-refractivity contribution is -0.118. The molecule has 0 atom stereocenters. The van der Waals surface area contributed by atoms with Crippen LogP contribution < -0.4 is 4.90 Å². The van der Waals surface area contributed by atoms with Gasteiger partial charge in [0.15, 0.2) is 0 Å². The second kappa shape index (κ2) is 10.1. The number of anilines is 2. The third-order valence-electron chi connectivity index (χ3n) is 5.99. The molecule has 3 aromatic carbocycles. The number of hydrogen-bond donors (Lipinski definition) is 0. The fourth-order valence-electron chi connectivity index (χ4n) is 4.38. The second-order valence-electron chi connectivity index (χ2n) is 8.90. The number of halogens is 1. The Labute approximate surface area is 214 Å². The molecule has 0 aliphatic carbocycles. The molecule has 0 saturated heterocycles. The molecule has 0 unspecified atom stereocenters. The van der Waals surface area contributed by atoms with Gasteiger partial charge in [-0.2, -0.15) is 0 Å². The summed E-state index contributed by atoms with van der Waals surface area (Å²) in [5.41, 5.74) is 3.84. The van der Waals surface area contributed by atoms with Crippen molar-refractivity contribution >= 4 is 34.3 Å². The van der Waals surface area contributed by atoms with Crippen LogP contribution in [0.25, 0.3) is 16.7 Å². The van der Waals surface area contributed by atoms with Crippen LogP contribution in [0.15, 0.2) is 103 Å². The van der Waals surface area contributed by atoms with Gasteiger partial charge < -0.3 is 13.9 Å². The quantitative estimate of drug-likeness (QED) is 0.242. The van der Waals surface area contributed by atoms with Crippen LogP contribution in [0.1, 0.15) is 24.3 Å². The summed E-state index contributed by atoms with van der Waals surface area (Å²) in [5, 5.41) is 0. The first-order valence-electron chi connectivity index (χ1n) is 12.0. The molecule has 7 heteroatoms. The largest absolute Gasteiger partial charge is 0.458 e. The van der Waals surface area contributed by atoms with Crippen LogP contribution in [0.5, 0.6) is 0 Å². The summed E-state index contributed by atoms with van der Waals surface area (Å²) in [6, 6.07) is 28.4. The maximum atomic E-state index is 13.9. The van der Waals surface area contributed by atoms with Gasteiger partial charge in [0.1, 0.15) is 18.1 Å². The van der Waals surface area contributed by atoms with Crippen LogP contribution in [0.4, 0.5) is 15.8 Å². The zero-order valence-corrected chi connectivity index (χ0v) is 20.5. The van der Waals surface area contributed by atoms with Crippen molar-refractivity contribution in [3.8, 4) is 5.69 Å². The number of aromatic nitrogens is 2. The van der Waals surface area contributed by atoms with E-state index in [0.717, 1.165) is 17.1 Å². The molecule has 0 spiro atoms. The van der Waals surface area contributed by atoms with Crippen LogP contribution in [-0.4, -0.2) is 27.1 Å². The Bertz CT molecular complexity index is 1500. The molecule has 1 amide bonds. The van der Waals surface area contributed by atoms with Gasteiger partial charge >= 0.3 is 5.97 Å². The summed E-state index contributed by atoms with van der Waals surface area (Å²) in [4.78, 5) is 28.6. The molecular weight excluding hydrogens is 469 g/mol. The molecule has 0 saturated carbocycles. The number of amides is 1. The van der Waals surface area contributed by atoms with Gasteiger partial charge in [-0.3, -0.25) is 9.69 Å². The van der Waals surface area contributed by atoms with Crippen molar-refractivity contribution in [1.82, 2.24) is 9.13 Å². The number of ether oxygens (including phenoxy) is 1. The van der Waals surface area contributed by atoms with Crippen molar-refractivity contribution in [2.24, 2.45) is 0 Å². The van der Waals surface area contributed by atoms with Gasteiger partial charge in [0.2, 0.25) is 0 Å². The standard InChI is InChI=1S/C30H26FN3O3/c1-21(2)37-30(36)28-19-27-26(17-18-32(27)23-15-13-22(31)14-16-23)33(28)20-29(35)34(24-9-5-3-6-10-24)25-11-7-4-8-12-25/h3-19,21H,20H2,1-2H3. The molecule has 5 rings (SSSR count). The van der Waals surface area contributed by atoms with Gasteiger partial charge in [0.05, 0.1) is 17.1 Å². The number of fused-ring (bicyclic) bond motifs is 1. The smallest absolute Gasteiger partial charge is 0.355 e. The topological polar surface area (TPSA) is 56.5 Å². The lowest BCUT2D eigenvalue weighted by Crippen LogP contribution is -2.30. The summed E-state index contributed by atoms with van der Waals surface area (Å²) in [5.74, 6) is -1.07. The average molecular weight is 496 g/mol. The van der Waals surface area contributed by atoms with Crippen molar-refractivity contribution in [2.75, 3.05) is 4.90 Å². The molecule has 5 aromatic rings. The fourth-order valence-corrected chi connectivity index (χ4v) is 4.38. The van der Waals surface area contributed by atoms with E-state index >= 15 is 0 Å². The van der Waals surface area contributed by atoms with E-state index in [2.05, 4.69) is 0 Å². The third-order valence-corrected chi connectivity index (χ3v) is 5.99. The van der Waals surface area contributed by atoms with Crippen molar-refractivity contribution < 1.29 is 18.7 Å². The summed E-state index contributed by atoms with van der Waals surface area (Å²) < 4.78 is 22.6. The van der Waals surface area contributed by atoms with Crippen molar-refractivity contribution in [2.45, 2.75) is 26.5 Å². The molecule has 0 N–H and O–H groups in total. The molecular formula is C30H26FN3O3. The first kappa shape index (κ1) is 24.1. The van der Waals surface area contributed by atoms with E-state index in [1.54, 1.807) is 41.5 Å². The van der Waals surface area contributed by atoms with Gasteiger partial charge in [-0.15, -0.1) is 0 Å². The first-order valence-corrected chi connectivity index (χ1v) is 12.0. The Morgan fingerprint density at radius 3 is 2.00 bits per heavy atom. The van der Waals surface area contributed by atoms with Crippen LogP contribution in [0.3, 0.4) is 0 Å². The van der Waals surface area contributed by atoms with E-state index in [9.17, 15) is 14.0 Å². The maximum Gasteiger partial charge on any atom is 0.355 e. The van der Waals surface area contributed by atoms with Gasteiger partial charge in [0.25, 0.3) is 5.91 Å². The highest BCUT2D eigenvalue weighted by Gasteiger charge is 2.25. The highest BCUT2D eigenvalue weighted by Crippen LogP contribution is 2.29. The van der Waals surface area contributed by atoms with Gasteiger partial charge in [-0.1, -0.05) is 36.4 Å². The van der Waals surface area contributed by atoms with Gasteiger partial charge in [-0.05, 0) is 74.5 Å². The Hall–Kier alpha value is -4.65. The Morgan fingerprint density at radius 1 is 0.838 bits per heavy atom. The maximum absolute atomic E-state index is 13.9. The summed E-state index contributed by atoms with van der Waals surface area (Å²) >= 11 is 0. The van der Waals surface area contributed by atoms with E-state index in [-0.39, 0.29) is 30.1 Å². The molecule has 0 bridgehead atoms. The van der Waals surface area contributed by atoms with Gasteiger partial charge in [-0.25, -0.2) is 9.18 Å². The molecule has 6 nitrogen and oxygen atoms in total. The molecule has 0 aliphatic heterocycles. The Kier molecular flexibility index (Phi) is 6.60. The SMILES string of the molecule is CC(C)OC(=O)c1cc2c(ccn2-c2ccc(F)cc2)n1CC(=O)N(c1ccccc1)c1ccccc1. The molecule has 37 heavy (non-hydrogen) atoms. The van der Waals surface area contributed by atoms with E-state index in [1.165, 1.54) is 12.1 Å². The van der Waals surface area contributed by atoms with E-state index in [0.29, 0.717) is 11.0 Å². The number of hydrogen-bond acceptors (Lipinski definition) is 3. The molecule has 0 radical (unpaired) electrons. The average Bonchev–Trinajstić information content (AvgIpc) is 3.46. The zero-order chi connectivity index (χ0) is 25.9. The van der Waals surface area contributed by atoms with E-state index in [4.69, 9.17) is 4.74 Å². The Balaban J connectivity index is 1.60. The Morgan fingerprint density at radius 2 is 1.43 bits per heavy atom. The van der Waals surface area contributed by atoms with E-state index in [1.807, 2.05) is 77.5 Å². The van der Waals surface area contributed by atoms with Crippen LogP contribution in [-0.2, 0) is 16.1 Å². The molecule has 186 valence electrons. The highest BCUT2D eigenvalue weighted by molar-refractivity contribution is 6.02. The van der Waals surface area contributed by atoms with E-state index < -0.39 is 5.97 Å². The summed E-state index contributed by atoms with van der Waals surface area (Å²) in [6.07, 6.45) is 1.51. The number of rotatable bonds is 7. The number of para-hydroxylation sites is 2. The minimum Gasteiger partial charge on any atom is -0.458 e. The minimum absolute atomic E-state index is 0.0940. The van der Waals surface area contributed by atoms with Crippen LogP contribution in [0, 0.1) is 5.82 Å². The summed E-state index contributed by atoms with van der Waals surface area (Å²) in [6.45, 7) is 3.46. The predicted octanol–water partition coefficient (Wildman–Crippen LogP) is 6.50. The third kappa shape index (κ3) is 4.89. The monoisotopic (exact) mass is 495 g/mol. The molecule has 0 fully saturated rings. The normalized spacial score (nSPS) is 11.1. The number of carbonyl (C=O) groups is 2. The molecule has 2 heterocycles. The minimum atomic E-state index is -0.518. The van der Waals surface area contributed by atoms with Crippen molar-refractivity contribution in [1.29, 1.82) is 0 Å². The van der Waals surface area contributed by atoms with Crippen molar-refractivity contribution in [3.05, 3.63) is 115 Å². The van der Waals surface area contributed by atoms with Crippen LogP contribution in [0.2, 0.25) is 0 Å². The number of esters is 1. The number of nitrogens with zero attached hydrogens (tertiary/aromatic N) is 3. The van der Waals surface area contributed by atoms with Crippen molar-refractivity contribution in [3.63, 3.8) is 0 Å². The lowest BCUT2D eigenvalue weighted by atomic mass is 10.2. The fraction of sp³-hybridized carbons (Fsp3) is 0.133. The second-order valence-corrected chi connectivity index (χ2v) is 8.90. The highest BCUT2D eigenvalue weighted by atomic mass is 19.1. The lowest BCUT2D eigenvalue weighted by Gasteiger charge is -2.24. The molecule has 0 aliphatic rings. The number of carbonyl (C=O) groups excluding carboxylic acids is 2. The number of benzene rings is 3. The zero-order valence-electron chi connectivity index (χ0n) is 20.5. The summed E-state index contributed by atoms with van der Waals surface area (Å²) in [7, 11) is 0. The first-order chi connectivity index (χ1) is 17.9. The predicted molar refractivity (Wildman–Crippen MR) is 142 cm³/mol. The van der Waals surface area contributed by atoms with Gasteiger partial charge in [0, 0.05) is 23.3 Å². The van der Waals surface area contributed by atoms with Crippen LogP contribution >= 0.6 is 0 Å². The molecule has 2 aromatic heterocycles.